The summed E-state index contributed by atoms with van der Waals surface area (Å²) in [5.74, 6) is 0.792. The SMILES string of the molecule is CCC1(NCC(=O)Nc2ccc(OC)cc2)CCC1. The molecule has 1 fully saturated rings. The number of anilines is 1. The van der Waals surface area contributed by atoms with Crippen molar-refractivity contribution in [2.75, 3.05) is 19.0 Å². The maximum absolute atomic E-state index is 11.9. The lowest BCUT2D eigenvalue weighted by Gasteiger charge is -2.42. The first-order chi connectivity index (χ1) is 9.17. The zero-order chi connectivity index (χ0) is 13.7. The number of hydrogen-bond donors (Lipinski definition) is 2. The number of hydrogen-bond acceptors (Lipinski definition) is 3. The van der Waals surface area contributed by atoms with Crippen molar-refractivity contribution in [2.24, 2.45) is 0 Å². The van der Waals surface area contributed by atoms with Crippen LogP contribution in [0, 0.1) is 0 Å². The minimum Gasteiger partial charge on any atom is -0.497 e. The number of benzene rings is 1. The van der Waals surface area contributed by atoms with Gasteiger partial charge < -0.3 is 15.4 Å². The van der Waals surface area contributed by atoms with Crippen LogP contribution in [0.2, 0.25) is 0 Å². The molecule has 2 rings (SSSR count). The fraction of sp³-hybridized carbons (Fsp3) is 0.533. The topological polar surface area (TPSA) is 50.4 Å². The summed E-state index contributed by atoms with van der Waals surface area (Å²) < 4.78 is 5.08. The molecule has 0 atom stereocenters. The molecule has 19 heavy (non-hydrogen) atoms. The summed E-state index contributed by atoms with van der Waals surface area (Å²) in [6.07, 6.45) is 4.71. The molecule has 0 spiro atoms. The van der Waals surface area contributed by atoms with E-state index in [0.717, 1.165) is 17.9 Å². The fourth-order valence-corrected chi connectivity index (χ4v) is 2.41. The summed E-state index contributed by atoms with van der Waals surface area (Å²) in [5.41, 5.74) is 1.00. The van der Waals surface area contributed by atoms with E-state index >= 15 is 0 Å². The maximum Gasteiger partial charge on any atom is 0.238 e. The number of nitrogens with one attached hydrogen (secondary N) is 2. The Labute approximate surface area is 114 Å². The summed E-state index contributed by atoms with van der Waals surface area (Å²) in [6.45, 7) is 2.55. The quantitative estimate of drug-likeness (QED) is 0.828. The molecule has 2 N–H and O–H groups in total. The lowest BCUT2D eigenvalue weighted by atomic mass is 9.75. The van der Waals surface area contributed by atoms with Gasteiger partial charge in [0.15, 0.2) is 0 Å². The third-order valence-corrected chi connectivity index (χ3v) is 3.99. The van der Waals surface area contributed by atoms with Gasteiger partial charge in [-0.05, 0) is 49.9 Å². The number of rotatable bonds is 6. The van der Waals surface area contributed by atoms with Gasteiger partial charge in [0, 0.05) is 11.2 Å². The zero-order valence-electron chi connectivity index (χ0n) is 11.7. The van der Waals surface area contributed by atoms with Gasteiger partial charge in [0.25, 0.3) is 0 Å². The first kappa shape index (κ1) is 13.9. The van der Waals surface area contributed by atoms with E-state index in [0.29, 0.717) is 6.54 Å². The number of ether oxygens (including phenoxy) is 1. The Morgan fingerprint density at radius 3 is 2.47 bits per heavy atom. The molecule has 1 aliphatic rings. The highest BCUT2D eigenvalue weighted by molar-refractivity contribution is 5.92. The van der Waals surface area contributed by atoms with Gasteiger partial charge >= 0.3 is 0 Å². The van der Waals surface area contributed by atoms with Crippen molar-refractivity contribution in [1.29, 1.82) is 0 Å². The van der Waals surface area contributed by atoms with Crippen LogP contribution in [0.1, 0.15) is 32.6 Å². The molecule has 0 radical (unpaired) electrons. The van der Waals surface area contributed by atoms with Crippen LogP contribution in [0.4, 0.5) is 5.69 Å². The largest absolute Gasteiger partial charge is 0.497 e. The standard InChI is InChI=1S/C15H22N2O2/c1-3-15(9-4-10-15)16-11-14(18)17-12-5-7-13(19-2)8-6-12/h5-8,16H,3-4,9-11H2,1-2H3,(H,17,18). The molecule has 1 aromatic carbocycles. The molecule has 1 aliphatic carbocycles. The van der Waals surface area contributed by atoms with Gasteiger partial charge in [-0.1, -0.05) is 6.92 Å². The smallest absolute Gasteiger partial charge is 0.238 e. The Morgan fingerprint density at radius 2 is 2.00 bits per heavy atom. The van der Waals surface area contributed by atoms with E-state index in [4.69, 9.17) is 4.74 Å². The van der Waals surface area contributed by atoms with E-state index in [1.165, 1.54) is 19.3 Å². The van der Waals surface area contributed by atoms with Crippen LogP contribution in [0.3, 0.4) is 0 Å². The average molecular weight is 262 g/mol. The van der Waals surface area contributed by atoms with Crippen LogP contribution < -0.4 is 15.4 Å². The van der Waals surface area contributed by atoms with Crippen molar-refractivity contribution in [3.63, 3.8) is 0 Å². The molecular weight excluding hydrogens is 240 g/mol. The summed E-state index contributed by atoms with van der Waals surface area (Å²) >= 11 is 0. The monoisotopic (exact) mass is 262 g/mol. The maximum atomic E-state index is 11.9. The highest BCUT2D eigenvalue weighted by Gasteiger charge is 2.34. The average Bonchev–Trinajstić information content (AvgIpc) is 2.39. The van der Waals surface area contributed by atoms with E-state index in [1.807, 2.05) is 24.3 Å². The van der Waals surface area contributed by atoms with Gasteiger partial charge in [0.1, 0.15) is 5.75 Å². The fourth-order valence-electron chi connectivity index (χ4n) is 2.41. The molecule has 0 aliphatic heterocycles. The molecular formula is C15H22N2O2. The molecule has 0 unspecified atom stereocenters. The van der Waals surface area contributed by atoms with Crippen LogP contribution in [-0.2, 0) is 4.79 Å². The number of carbonyl (C=O) groups is 1. The van der Waals surface area contributed by atoms with E-state index in [9.17, 15) is 4.79 Å². The summed E-state index contributed by atoms with van der Waals surface area (Å²) in [4.78, 5) is 11.9. The van der Waals surface area contributed by atoms with Gasteiger partial charge in [0.2, 0.25) is 5.91 Å². The second-order valence-corrected chi connectivity index (χ2v) is 5.12. The summed E-state index contributed by atoms with van der Waals surface area (Å²) in [7, 11) is 1.63. The van der Waals surface area contributed by atoms with Crippen LogP contribution in [0.25, 0.3) is 0 Å². The predicted octanol–water partition coefficient (Wildman–Crippen LogP) is 2.56. The second kappa shape index (κ2) is 6.06. The molecule has 0 aromatic heterocycles. The highest BCUT2D eigenvalue weighted by atomic mass is 16.5. The minimum atomic E-state index is 0.00453. The highest BCUT2D eigenvalue weighted by Crippen LogP contribution is 2.34. The molecule has 1 saturated carbocycles. The molecule has 0 bridgehead atoms. The van der Waals surface area contributed by atoms with Crippen molar-refractivity contribution in [2.45, 2.75) is 38.1 Å². The lowest BCUT2D eigenvalue weighted by molar-refractivity contribution is -0.116. The molecule has 4 nitrogen and oxygen atoms in total. The van der Waals surface area contributed by atoms with Gasteiger partial charge in [-0.15, -0.1) is 0 Å². The van der Waals surface area contributed by atoms with Gasteiger partial charge in [-0.25, -0.2) is 0 Å². The van der Waals surface area contributed by atoms with Gasteiger partial charge in [-0.3, -0.25) is 4.79 Å². The molecule has 0 heterocycles. The van der Waals surface area contributed by atoms with Gasteiger partial charge in [0.05, 0.1) is 13.7 Å². The van der Waals surface area contributed by atoms with Crippen LogP contribution in [-0.4, -0.2) is 25.1 Å². The van der Waals surface area contributed by atoms with E-state index in [-0.39, 0.29) is 11.4 Å². The summed E-state index contributed by atoms with van der Waals surface area (Å²) in [6, 6.07) is 7.36. The van der Waals surface area contributed by atoms with Crippen molar-refractivity contribution in [3.8, 4) is 5.75 Å². The molecule has 0 saturated heterocycles. The number of amides is 1. The van der Waals surface area contributed by atoms with Crippen molar-refractivity contribution < 1.29 is 9.53 Å². The third-order valence-electron chi connectivity index (χ3n) is 3.99. The number of carbonyl (C=O) groups excluding carboxylic acids is 1. The zero-order valence-corrected chi connectivity index (χ0v) is 11.7. The predicted molar refractivity (Wildman–Crippen MR) is 76.5 cm³/mol. The van der Waals surface area contributed by atoms with Crippen molar-refractivity contribution >= 4 is 11.6 Å². The Hall–Kier alpha value is -1.55. The van der Waals surface area contributed by atoms with Crippen LogP contribution >= 0.6 is 0 Å². The Kier molecular flexibility index (Phi) is 4.43. The Morgan fingerprint density at radius 1 is 1.32 bits per heavy atom. The minimum absolute atomic E-state index is 0.00453. The Balaban J connectivity index is 1.80. The molecule has 4 heteroatoms. The van der Waals surface area contributed by atoms with Crippen molar-refractivity contribution in [1.82, 2.24) is 5.32 Å². The molecule has 104 valence electrons. The number of methoxy groups -OCH3 is 1. The third kappa shape index (κ3) is 3.47. The molecule has 1 aromatic rings. The first-order valence-electron chi connectivity index (χ1n) is 6.86. The van der Waals surface area contributed by atoms with Crippen LogP contribution in [0.15, 0.2) is 24.3 Å². The normalized spacial score (nSPS) is 16.5. The Bertz CT molecular complexity index is 419. The van der Waals surface area contributed by atoms with Gasteiger partial charge in [-0.2, -0.15) is 0 Å². The second-order valence-electron chi connectivity index (χ2n) is 5.12. The van der Waals surface area contributed by atoms with E-state index < -0.39 is 0 Å². The summed E-state index contributed by atoms with van der Waals surface area (Å²) in [5, 5.41) is 6.27. The van der Waals surface area contributed by atoms with E-state index in [2.05, 4.69) is 17.6 Å². The van der Waals surface area contributed by atoms with Crippen molar-refractivity contribution in [3.05, 3.63) is 24.3 Å². The first-order valence-corrected chi connectivity index (χ1v) is 6.86. The van der Waals surface area contributed by atoms with E-state index in [1.54, 1.807) is 7.11 Å². The van der Waals surface area contributed by atoms with Crippen LogP contribution in [0.5, 0.6) is 5.75 Å². The molecule has 1 amide bonds. The lowest BCUT2D eigenvalue weighted by Crippen LogP contribution is -2.52.